The van der Waals surface area contributed by atoms with Crippen molar-refractivity contribution in [1.82, 2.24) is 19.6 Å². The molecule has 2 aromatic carbocycles. The average molecular weight is 461 g/mol. The van der Waals surface area contributed by atoms with Crippen LogP contribution in [0, 0.1) is 13.8 Å². The van der Waals surface area contributed by atoms with Crippen LogP contribution in [0.1, 0.15) is 48.8 Å². The molecule has 4 rings (SSSR count). The number of rotatable bonds is 7. The molecular weight excluding hydrogens is 432 g/mol. The standard InChI is InChI=1S/C17H18N4O2.C8H10N2O/c1-12-7-13(2)21(19-12)10-15-5-3-14(4-6-15)9-20-11-16(8-18-20)17(22)23;9-5-6-1-3-7(4-2-6)8(10)11/h3-8,11H,9-10H2,1-2H3,(H,22,23);1-4H,5,9H2,(H2,10,11). The van der Waals surface area contributed by atoms with E-state index in [1.165, 1.54) is 18.0 Å². The lowest BCUT2D eigenvalue weighted by molar-refractivity contribution is 0.0696. The Morgan fingerprint density at radius 2 is 1.50 bits per heavy atom. The number of aromatic carboxylic acids is 1. The van der Waals surface area contributed by atoms with E-state index in [0.29, 0.717) is 18.7 Å². The Bertz CT molecular complexity index is 1260. The zero-order valence-electron chi connectivity index (χ0n) is 19.2. The van der Waals surface area contributed by atoms with Crippen LogP contribution in [0.3, 0.4) is 0 Å². The van der Waals surface area contributed by atoms with Crippen LogP contribution in [-0.2, 0) is 19.6 Å². The molecule has 2 aromatic heterocycles. The van der Waals surface area contributed by atoms with Gasteiger partial charge in [0.1, 0.15) is 0 Å². The first-order valence-corrected chi connectivity index (χ1v) is 10.7. The fraction of sp³-hybridized carbons (Fsp3) is 0.200. The van der Waals surface area contributed by atoms with E-state index in [4.69, 9.17) is 16.6 Å². The Hall–Kier alpha value is -4.24. The van der Waals surface area contributed by atoms with Gasteiger partial charge in [-0.2, -0.15) is 10.2 Å². The molecular formula is C25H28N6O3. The lowest BCUT2D eigenvalue weighted by atomic mass is 10.1. The van der Waals surface area contributed by atoms with Crippen molar-refractivity contribution >= 4 is 11.9 Å². The number of hydrogen-bond donors (Lipinski definition) is 3. The summed E-state index contributed by atoms with van der Waals surface area (Å²) < 4.78 is 3.61. The van der Waals surface area contributed by atoms with Crippen LogP contribution in [0.2, 0.25) is 0 Å². The van der Waals surface area contributed by atoms with Gasteiger partial charge in [0.05, 0.1) is 30.5 Å². The first kappa shape index (κ1) is 24.4. The summed E-state index contributed by atoms with van der Waals surface area (Å²) in [5, 5.41) is 17.4. The number of amides is 1. The van der Waals surface area contributed by atoms with Crippen LogP contribution in [0.4, 0.5) is 0 Å². The van der Waals surface area contributed by atoms with Crippen LogP contribution in [0.15, 0.2) is 67.0 Å². The highest BCUT2D eigenvalue weighted by Gasteiger charge is 2.07. The molecule has 176 valence electrons. The van der Waals surface area contributed by atoms with Crippen molar-refractivity contribution in [3.8, 4) is 0 Å². The van der Waals surface area contributed by atoms with E-state index in [0.717, 1.165) is 29.1 Å². The quantitative estimate of drug-likeness (QED) is 0.387. The SMILES string of the molecule is Cc1cc(C)n(Cc2ccc(Cn3cc(C(=O)O)cn3)cc2)n1.NCc1ccc(C(N)=O)cc1. The molecule has 2 heterocycles. The van der Waals surface area contributed by atoms with Gasteiger partial charge >= 0.3 is 5.97 Å². The Morgan fingerprint density at radius 1 is 0.912 bits per heavy atom. The average Bonchev–Trinajstić information content (AvgIpc) is 3.41. The van der Waals surface area contributed by atoms with E-state index in [9.17, 15) is 9.59 Å². The molecule has 34 heavy (non-hydrogen) atoms. The smallest absolute Gasteiger partial charge is 0.338 e. The van der Waals surface area contributed by atoms with E-state index in [1.807, 2.05) is 30.7 Å². The molecule has 9 nitrogen and oxygen atoms in total. The van der Waals surface area contributed by atoms with Gasteiger partial charge in [-0.3, -0.25) is 14.2 Å². The number of carbonyl (C=O) groups is 2. The van der Waals surface area contributed by atoms with E-state index >= 15 is 0 Å². The third-order valence-electron chi connectivity index (χ3n) is 5.16. The van der Waals surface area contributed by atoms with Gasteiger partial charge < -0.3 is 16.6 Å². The molecule has 0 saturated carbocycles. The van der Waals surface area contributed by atoms with Crippen LogP contribution in [-0.4, -0.2) is 36.5 Å². The molecule has 0 saturated heterocycles. The number of carboxylic acid groups (broad SMARTS) is 1. The molecule has 0 fully saturated rings. The predicted octanol–water partition coefficient (Wildman–Crippen LogP) is 2.74. The Balaban J connectivity index is 0.000000248. The molecule has 5 N–H and O–H groups in total. The van der Waals surface area contributed by atoms with Gasteiger partial charge in [-0.05, 0) is 48.7 Å². The second-order valence-corrected chi connectivity index (χ2v) is 7.90. The minimum absolute atomic E-state index is 0.200. The summed E-state index contributed by atoms with van der Waals surface area (Å²) in [4.78, 5) is 21.4. The summed E-state index contributed by atoms with van der Waals surface area (Å²) in [7, 11) is 0. The van der Waals surface area contributed by atoms with Crippen LogP contribution >= 0.6 is 0 Å². The number of aryl methyl sites for hydroxylation is 2. The maximum absolute atomic E-state index is 10.9. The largest absolute Gasteiger partial charge is 0.478 e. The van der Waals surface area contributed by atoms with Crippen molar-refractivity contribution in [2.24, 2.45) is 11.5 Å². The van der Waals surface area contributed by atoms with E-state index in [1.54, 1.807) is 28.9 Å². The number of benzene rings is 2. The molecule has 1 amide bonds. The van der Waals surface area contributed by atoms with E-state index in [2.05, 4.69) is 28.4 Å². The minimum atomic E-state index is -0.962. The maximum Gasteiger partial charge on any atom is 0.338 e. The highest BCUT2D eigenvalue weighted by atomic mass is 16.4. The van der Waals surface area contributed by atoms with Gasteiger partial charge in [0.25, 0.3) is 0 Å². The normalized spacial score (nSPS) is 10.4. The van der Waals surface area contributed by atoms with Crippen LogP contribution in [0.25, 0.3) is 0 Å². The number of nitrogens with zero attached hydrogens (tertiary/aromatic N) is 4. The summed E-state index contributed by atoms with van der Waals surface area (Å²) in [6, 6.07) is 17.2. The summed E-state index contributed by atoms with van der Waals surface area (Å²) in [6.45, 7) is 5.81. The first-order chi connectivity index (χ1) is 16.2. The zero-order valence-corrected chi connectivity index (χ0v) is 19.2. The first-order valence-electron chi connectivity index (χ1n) is 10.7. The predicted molar refractivity (Wildman–Crippen MR) is 128 cm³/mol. The van der Waals surface area contributed by atoms with Gasteiger partial charge in [-0.1, -0.05) is 36.4 Å². The van der Waals surface area contributed by atoms with Gasteiger partial charge in [-0.15, -0.1) is 0 Å². The van der Waals surface area contributed by atoms with Gasteiger partial charge in [0.2, 0.25) is 5.91 Å². The molecule has 0 aliphatic rings. The highest BCUT2D eigenvalue weighted by Crippen LogP contribution is 2.10. The number of nitrogens with two attached hydrogens (primary N) is 2. The lowest BCUT2D eigenvalue weighted by Gasteiger charge is -2.06. The fourth-order valence-electron chi connectivity index (χ4n) is 3.31. The van der Waals surface area contributed by atoms with Gasteiger partial charge in [-0.25, -0.2) is 4.79 Å². The van der Waals surface area contributed by atoms with Crippen molar-refractivity contribution in [1.29, 1.82) is 0 Å². The van der Waals surface area contributed by atoms with E-state index < -0.39 is 11.9 Å². The summed E-state index contributed by atoms with van der Waals surface area (Å²) in [5.74, 6) is -1.37. The summed E-state index contributed by atoms with van der Waals surface area (Å²) >= 11 is 0. The Morgan fingerprint density at radius 3 is 1.97 bits per heavy atom. The number of primary amides is 1. The molecule has 0 unspecified atom stereocenters. The Labute approximate surface area is 197 Å². The van der Waals surface area contributed by atoms with Crippen molar-refractivity contribution in [2.75, 3.05) is 0 Å². The zero-order chi connectivity index (χ0) is 24.7. The molecule has 9 heteroatoms. The van der Waals surface area contributed by atoms with Crippen molar-refractivity contribution < 1.29 is 14.7 Å². The van der Waals surface area contributed by atoms with E-state index in [-0.39, 0.29) is 5.56 Å². The third-order valence-corrected chi connectivity index (χ3v) is 5.16. The maximum atomic E-state index is 10.9. The Kier molecular flexibility index (Phi) is 7.94. The number of hydrogen-bond acceptors (Lipinski definition) is 5. The number of carboxylic acids is 1. The second-order valence-electron chi connectivity index (χ2n) is 7.90. The highest BCUT2D eigenvalue weighted by molar-refractivity contribution is 5.92. The summed E-state index contributed by atoms with van der Waals surface area (Å²) in [5.41, 5.74) is 16.5. The topological polar surface area (TPSA) is 142 Å². The summed E-state index contributed by atoms with van der Waals surface area (Å²) in [6.07, 6.45) is 2.89. The monoisotopic (exact) mass is 460 g/mol. The van der Waals surface area contributed by atoms with Crippen LogP contribution in [0.5, 0.6) is 0 Å². The number of aromatic nitrogens is 4. The van der Waals surface area contributed by atoms with Crippen molar-refractivity contribution in [2.45, 2.75) is 33.5 Å². The third kappa shape index (κ3) is 6.63. The van der Waals surface area contributed by atoms with Gasteiger partial charge in [0.15, 0.2) is 0 Å². The van der Waals surface area contributed by atoms with Crippen LogP contribution < -0.4 is 11.5 Å². The second kappa shape index (κ2) is 11.1. The lowest BCUT2D eigenvalue weighted by Crippen LogP contribution is -2.10. The fourth-order valence-corrected chi connectivity index (χ4v) is 3.31. The number of carbonyl (C=O) groups excluding carboxylic acids is 1. The molecule has 0 atom stereocenters. The van der Waals surface area contributed by atoms with Gasteiger partial charge in [0, 0.05) is 24.0 Å². The molecule has 0 radical (unpaired) electrons. The van der Waals surface area contributed by atoms with Crippen molar-refractivity contribution in [3.05, 3.63) is 106 Å². The molecule has 4 aromatic rings. The van der Waals surface area contributed by atoms with Crippen molar-refractivity contribution in [3.63, 3.8) is 0 Å². The molecule has 0 aliphatic heterocycles. The minimum Gasteiger partial charge on any atom is -0.478 e. The molecule has 0 bridgehead atoms. The molecule has 0 spiro atoms. The molecule has 0 aliphatic carbocycles.